The molecule has 2 rings (SSSR count). The molecule has 0 amide bonds. The van der Waals surface area contributed by atoms with Crippen LogP contribution in [0.1, 0.15) is 0 Å². The van der Waals surface area contributed by atoms with Gasteiger partial charge in [-0.3, -0.25) is 4.79 Å². The highest BCUT2D eigenvalue weighted by Crippen LogP contribution is 2.24. The van der Waals surface area contributed by atoms with Gasteiger partial charge in [-0.25, -0.2) is 13.8 Å². The van der Waals surface area contributed by atoms with Gasteiger partial charge < -0.3 is 10.7 Å². The number of nitrogens with two attached hydrogens (primary N) is 1. The summed E-state index contributed by atoms with van der Waals surface area (Å²) in [4.78, 5) is 17.1. The van der Waals surface area contributed by atoms with Gasteiger partial charge in [-0.05, 0) is 12.1 Å². The van der Waals surface area contributed by atoms with Gasteiger partial charge in [-0.1, -0.05) is 6.07 Å². The molecular weight excluding hydrogens is 216 g/mol. The topological polar surface area (TPSA) is 71.8 Å². The lowest BCUT2D eigenvalue weighted by Gasteiger charge is -2.04. The Balaban J connectivity index is 2.73. The van der Waals surface area contributed by atoms with E-state index in [9.17, 15) is 13.6 Å². The molecule has 4 nitrogen and oxygen atoms in total. The molecule has 1 aromatic carbocycles. The van der Waals surface area contributed by atoms with Gasteiger partial charge in [0, 0.05) is 5.56 Å². The Kier molecular flexibility index (Phi) is 2.40. The van der Waals surface area contributed by atoms with Gasteiger partial charge in [0.25, 0.3) is 5.56 Å². The zero-order valence-corrected chi connectivity index (χ0v) is 8.00. The molecule has 0 fully saturated rings. The van der Waals surface area contributed by atoms with E-state index < -0.39 is 17.2 Å². The molecule has 0 bridgehead atoms. The minimum atomic E-state index is -1.08. The number of nitrogens with one attached hydrogen (secondary N) is 1. The van der Waals surface area contributed by atoms with Crippen LogP contribution in [0.5, 0.6) is 0 Å². The number of nitrogen functional groups attached to an aromatic ring is 1. The molecule has 6 heteroatoms. The van der Waals surface area contributed by atoms with E-state index in [1.54, 1.807) is 0 Å². The maximum absolute atomic E-state index is 13.4. The SMILES string of the molecule is Nc1c(-c2cccc(F)c2F)nc[nH]c1=O. The highest BCUT2D eigenvalue weighted by atomic mass is 19.2. The Bertz CT molecular complexity index is 595. The summed E-state index contributed by atoms with van der Waals surface area (Å²) in [5.74, 6) is -2.09. The highest BCUT2D eigenvalue weighted by Gasteiger charge is 2.14. The monoisotopic (exact) mass is 223 g/mol. The fourth-order valence-corrected chi connectivity index (χ4v) is 1.31. The number of aromatic nitrogens is 2. The number of hydrogen-bond donors (Lipinski definition) is 2. The molecule has 0 aliphatic heterocycles. The lowest BCUT2D eigenvalue weighted by atomic mass is 10.1. The van der Waals surface area contributed by atoms with E-state index in [1.807, 2.05) is 0 Å². The summed E-state index contributed by atoms with van der Waals surface area (Å²) in [5, 5.41) is 0. The van der Waals surface area contributed by atoms with Crippen LogP contribution < -0.4 is 11.3 Å². The Hall–Kier alpha value is -2.24. The molecule has 0 saturated carbocycles. The molecule has 0 aliphatic rings. The second-order valence-corrected chi connectivity index (χ2v) is 3.10. The van der Waals surface area contributed by atoms with E-state index in [0.29, 0.717) is 0 Å². The normalized spacial score (nSPS) is 10.4. The van der Waals surface area contributed by atoms with Crippen molar-refractivity contribution in [3.05, 3.63) is 46.5 Å². The van der Waals surface area contributed by atoms with Gasteiger partial charge in [0.1, 0.15) is 11.4 Å². The van der Waals surface area contributed by atoms with Crippen LogP contribution in [0.25, 0.3) is 11.3 Å². The fraction of sp³-hybridized carbons (Fsp3) is 0. The van der Waals surface area contributed by atoms with Crippen LogP contribution in [0.15, 0.2) is 29.3 Å². The summed E-state index contributed by atoms with van der Waals surface area (Å²) in [5.41, 5.74) is 4.40. The van der Waals surface area contributed by atoms with E-state index in [1.165, 1.54) is 12.1 Å². The molecule has 0 atom stereocenters. The fourth-order valence-electron chi connectivity index (χ4n) is 1.31. The van der Waals surface area contributed by atoms with Crippen LogP contribution in [-0.2, 0) is 0 Å². The number of H-pyrrole nitrogens is 1. The smallest absolute Gasteiger partial charge is 0.274 e. The van der Waals surface area contributed by atoms with Crippen LogP contribution in [0.3, 0.4) is 0 Å². The van der Waals surface area contributed by atoms with Crippen molar-refractivity contribution in [2.45, 2.75) is 0 Å². The molecular formula is C10H7F2N3O. The Morgan fingerprint density at radius 2 is 2.06 bits per heavy atom. The molecule has 0 spiro atoms. The van der Waals surface area contributed by atoms with Gasteiger partial charge in [-0.15, -0.1) is 0 Å². The van der Waals surface area contributed by atoms with Gasteiger partial charge in [0.15, 0.2) is 11.6 Å². The van der Waals surface area contributed by atoms with Gasteiger partial charge in [0.2, 0.25) is 0 Å². The second kappa shape index (κ2) is 3.73. The number of anilines is 1. The van der Waals surface area contributed by atoms with Crippen LogP contribution in [-0.4, -0.2) is 9.97 Å². The van der Waals surface area contributed by atoms with Crippen molar-refractivity contribution in [2.75, 3.05) is 5.73 Å². The summed E-state index contributed by atoms with van der Waals surface area (Å²) in [7, 11) is 0. The molecule has 0 saturated heterocycles. The maximum atomic E-state index is 13.4. The summed E-state index contributed by atoms with van der Waals surface area (Å²) in [6, 6.07) is 3.59. The van der Waals surface area contributed by atoms with Crippen molar-refractivity contribution in [1.29, 1.82) is 0 Å². The quantitative estimate of drug-likeness (QED) is 0.765. The molecule has 1 heterocycles. The van der Waals surface area contributed by atoms with Crippen molar-refractivity contribution in [1.82, 2.24) is 9.97 Å². The summed E-state index contributed by atoms with van der Waals surface area (Å²) >= 11 is 0. The average molecular weight is 223 g/mol. The second-order valence-electron chi connectivity index (χ2n) is 3.10. The molecule has 0 radical (unpaired) electrons. The standard InChI is InChI=1S/C10H7F2N3O/c11-6-3-1-2-5(7(6)12)9-8(13)10(16)15-4-14-9/h1-4H,13H2,(H,14,15,16). The number of rotatable bonds is 1. The van der Waals surface area contributed by atoms with E-state index in [-0.39, 0.29) is 16.9 Å². The van der Waals surface area contributed by atoms with Crippen molar-refractivity contribution < 1.29 is 8.78 Å². The Labute approximate surface area is 88.8 Å². The van der Waals surface area contributed by atoms with E-state index >= 15 is 0 Å². The number of aromatic amines is 1. The Morgan fingerprint density at radius 1 is 1.31 bits per heavy atom. The largest absolute Gasteiger partial charge is 0.392 e. The van der Waals surface area contributed by atoms with Crippen molar-refractivity contribution >= 4 is 5.69 Å². The Morgan fingerprint density at radius 3 is 2.81 bits per heavy atom. The first-order chi connectivity index (χ1) is 7.61. The summed E-state index contributed by atoms with van der Waals surface area (Å²) in [6.45, 7) is 0. The van der Waals surface area contributed by atoms with E-state index in [0.717, 1.165) is 12.4 Å². The highest BCUT2D eigenvalue weighted by molar-refractivity contribution is 5.71. The molecule has 1 aromatic heterocycles. The third-order valence-electron chi connectivity index (χ3n) is 2.10. The minimum absolute atomic E-state index is 0.0687. The van der Waals surface area contributed by atoms with E-state index in [4.69, 9.17) is 5.73 Å². The first-order valence-corrected chi connectivity index (χ1v) is 4.39. The van der Waals surface area contributed by atoms with Crippen LogP contribution in [0.2, 0.25) is 0 Å². The van der Waals surface area contributed by atoms with Crippen LogP contribution in [0.4, 0.5) is 14.5 Å². The van der Waals surface area contributed by atoms with Gasteiger partial charge in [0.05, 0.1) is 6.33 Å². The van der Waals surface area contributed by atoms with Crippen molar-refractivity contribution in [3.8, 4) is 11.3 Å². The number of benzene rings is 1. The van der Waals surface area contributed by atoms with Gasteiger partial charge >= 0.3 is 0 Å². The first kappa shape index (κ1) is 10.3. The molecule has 82 valence electrons. The van der Waals surface area contributed by atoms with Gasteiger partial charge in [-0.2, -0.15) is 0 Å². The lowest BCUT2D eigenvalue weighted by Crippen LogP contribution is -2.14. The van der Waals surface area contributed by atoms with Crippen LogP contribution in [0, 0.1) is 11.6 Å². The zero-order chi connectivity index (χ0) is 11.7. The number of halogens is 2. The van der Waals surface area contributed by atoms with Crippen molar-refractivity contribution in [3.63, 3.8) is 0 Å². The lowest BCUT2D eigenvalue weighted by molar-refractivity contribution is 0.511. The summed E-state index contributed by atoms with van der Waals surface area (Å²) < 4.78 is 26.4. The molecule has 3 N–H and O–H groups in total. The predicted molar refractivity (Wildman–Crippen MR) is 54.6 cm³/mol. The van der Waals surface area contributed by atoms with E-state index in [2.05, 4.69) is 9.97 Å². The third-order valence-corrected chi connectivity index (χ3v) is 2.10. The zero-order valence-electron chi connectivity index (χ0n) is 8.00. The first-order valence-electron chi connectivity index (χ1n) is 4.39. The molecule has 16 heavy (non-hydrogen) atoms. The van der Waals surface area contributed by atoms with Crippen LogP contribution >= 0.6 is 0 Å². The third kappa shape index (κ3) is 1.54. The molecule has 0 unspecified atom stereocenters. The molecule has 2 aromatic rings. The average Bonchev–Trinajstić information content (AvgIpc) is 2.27. The minimum Gasteiger partial charge on any atom is -0.392 e. The predicted octanol–water partition coefficient (Wildman–Crippen LogP) is 1.30. The summed E-state index contributed by atoms with van der Waals surface area (Å²) in [6.07, 6.45) is 1.08. The number of hydrogen-bond acceptors (Lipinski definition) is 3. The molecule has 0 aliphatic carbocycles. The number of nitrogens with zero attached hydrogens (tertiary/aromatic N) is 1. The van der Waals surface area contributed by atoms with Crippen molar-refractivity contribution in [2.24, 2.45) is 0 Å². The maximum Gasteiger partial charge on any atom is 0.274 e.